The average molecular weight is 207 g/mol. The Kier molecular flexibility index (Phi) is 4.31. The summed E-state index contributed by atoms with van der Waals surface area (Å²) in [5, 5.41) is 2.77. The maximum atomic E-state index is 11.4. The van der Waals surface area contributed by atoms with Crippen molar-refractivity contribution in [2.75, 3.05) is 11.9 Å². The number of anilines is 1. The van der Waals surface area contributed by atoms with Crippen LogP contribution in [-0.4, -0.2) is 18.6 Å². The zero-order valence-corrected chi connectivity index (χ0v) is 9.41. The summed E-state index contributed by atoms with van der Waals surface area (Å²) in [5.41, 5.74) is 1.94. The van der Waals surface area contributed by atoms with Gasteiger partial charge in [-0.1, -0.05) is 12.1 Å². The molecule has 0 saturated heterocycles. The first kappa shape index (κ1) is 11.7. The molecule has 0 fully saturated rings. The van der Waals surface area contributed by atoms with E-state index in [0.29, 0.717) is 0 Å². The summed E-state index contributed by atoms with van der Waals surface area (Å²) in [6.45, 7) is 5.89. The van der Waals surface area contributed by atoms with Crippen LogP contribution in [0.4, 0.5) is 5.69 Å². The number of benzene rings is 1. The average Bonchev–Trinajstić information content (AvgIpc) is 2.15. The zero-order valence-electron chi connectivity index (χ0n) is 9.41. The van der Waals surface area contributed by atoms with Crippen LogP contribution in [-0.2, 0) is 9.53 Å². The maximum absolute atomic E-state index is 11.4. The van der Waals surface area contributed by atoms with Gasteiger partial charge in [-0.25, -0.2) is 0 Å². The van der Waals surface area contributed by atoms with Gasteiger partial charge in [0.1, 0.15) is 6.61 Å². The first-order valence-corrected chi connectivity index (χ1v) is 5.06. The highest BCUT2D eigenvalue weighted by Gasteiger charge is 2.03. The maximum Gasteiger partial charge on any atom is 0.250 e. The summed E-state index contributed by atoms with van der Waals surface area (Å²) in [6, 6.07) is 7.68. The number of aryl methyl sites for hydroxylation is 1. The highest BCUT2D eigenvalue weighted by molar-refractivity contribution is 5.91. The molecule has 0 unspecified atom stereocenters. The summed E-state index contributed by atoms with van der Waals surface area (Å²) in [5.74, 6) is -0.116. The lowest BCUT2D eigenvalue weighted by molar-refractivity contribution is -0.121. The summed E-state index contributed by atoms with van der Waals surface area (Å²) < 4.78 is 5.19. The van der Waals surface area contributed by atoms with Gasteiger partial charge in [-0.15, -0.1) is 0 Å². The van der Waals surface area contributed by atoms with Crippen molar-refractivity contribution in [3.05, 3.63) is 29.8 Å². The summed E-state index contributed by atoms with van der Waals surface area (Å²) in [6.07, 6.45) is 0.0771. The number of ether oxygens (including phenoxy) is 1. The molecule has 0 aliphatic heterocycles. The third kappa shape index (κ3) is 4.61. The van der Waals surface area contributed by atoms with Crippen LogP contribution in [0.5, 0.6) is 0 Å². The van der Waals surface area contributed by atoms with Gasteiger partial charge in [0.25, 0.3) is 0 Å². The van der Waals surface area contributed by atoms with Crippen LogP contribution in [0.25, 0.3) is 0 Å². The van der Waals surface area contributed by atoms with Gasteiger partial charge in [0.15, 0.2) is 0 Å². The fraction of sp³-hybridized carbons (Fsp3) is 0.417. The first-order valence-electron chi connectivity index (χ1n) is 5.06. The van der Waals surface area contributed by atoms with E-state index in [1.807, 2.05) is 45.0 Å². The molecule has 0 heterocycles. The lowest BCUT2D eigenvalue weighted by atomic mass is 10.2. The number of carbonyl (C=O) groups is 1. The molecule has 3 nitrogen and oxygen atoms in total. The van der Waals surface area contributed by atoms with Crippen LogP contribution in [0.3, 0.4) is 0 Å². The molecule has 0 saturated carbocycles. The van der Waals surface area contributed by atoms with Crippen molar-refractivity contribution in [1.29, 1.82) is 0 Å². The minimum atomic E-state index is -0.116. The topological polar surface area (TPSA) is 38.3 Å². The lowest BCUT2D eigenvalue weighted by Crippen LogP contribution is -2.20. The molecule has 15 heavy (non-hydrogen) atoms. The molecule has 1 aromatic rings. The van der Waals surface area contributed by atoms with E-state index >= 15 is 0 Å². The largest absolute Gasteiger partial charge is 0.369 e. The predicted octanol–water partition coefficient (Wildman–Crippen LogP) is 2.36. The molecule has 82 valence electrons. The second-order valence-corrected chi connectivity index (χ2v) is 3.78. The van der Waals surface area contributed by atoms with E-state index in [1.54, 1.807) is 0 Å². The molecule has 0 spiro atoms. The molecular weight excluding hydrogens is 190 g/mol. The van der Waals surface area contributed by atoms with Crippen LogP contribution < -0.4 is 5.32 Å². The minimum absolute atomic E-state index is 0.0771. The zero-order chi connectivity index (χ0) is 11.3. The highest BCUT2D eigenvalue weighted by Crippen LogP contribution is 2.09. The fourth-order valence-corrected chi connectivity index (χ4v) is 1.16. The van der Waals surface area contributed by atoms with Crippen molar-refractivity contribution in [2.45, 2.75) is 26.9 Å². The number of rotatable bonds is 4. The first-order chi connectivity index (χ1) is 7.08. The number of hydrogen-bond donors (Lipinski definition) is 1. The van der Waals surface area contributed by atoms with Crippen LogP contribution in [0.15, 0.2) is 24.3 Å². The molecule has 1 N–H and O–H groups in total. The normalized spacial score (nSPS) is 10.4. The second-order valence-electron chi connectivity index (χ2n) is 3.78. The Hall–Kier alpha value is -1.35. The van der Waals surface area contributed by atoms with E-state index in [9.17, 15) is 4.79 Å². The van der Waals surface area contributed by atoms with E-state index in [0.717, 1.165) is 11.3 Å². The third-order valence-electron chi connectivity index (χ3n) is 1.85. The Balaban J connectivity index is 2.44. The molecule has 0 radical (unpaired) electrons. The Labute approximate surface area is 90.4 Å². The van der Waals surface area contributed by atoms with Crippen LogP contribution in [0, 0.1) is 6.92 Å². The number of hydrogen-bond acceptors (Lipinski definition) is 2. The number of amides is 1. The van der Waals surface area contributed by atoms with Gasteiger partial charge in [-0.2, -0.15) is 0 Å². The summed E-state index contributed by atoms with van der Waals surface area (Å²) in [4.78, 5) is 11.4. The van der Waals surface area contributed by atoms with Gasteiger partial charge in [-0.3, -0.25) is 4.79 Å². The van der Waals surface area contributed by atoms with Gasteiger partial charge in [0, 0.05) is 5.69 Å². The molecule has 1 aromatic carbocycles. The fourth-order valence-electron chi connectivity index (χ4n) is 1.16. The minimum Gasteiger partial charge on any atom is -0.369 e. The van der Waals surface area contributed by atoms with Gasteiger partial charge in [-0.05, 0) is 38.5 Å². The molecule has 0 aromatic heterocycles. The van der Waals surface area contributed by atoms with Crippen LogP contribution in [0.1, 0.15) is 19.4 Å². The Morgan fingerprint density at radius 3 is 2.80 bits per heavy atom. The van der Waals surface area contributed by atoms with Crippen molar-refractivity contribution >= 4 is 11.6 Å². The van der Waals surface area contributed by atoms with Crippen molar-refractivity contribution in [3.63, 3.8) is 0 Å². The van der Waals surface area contributed by atoms with E-state index in [-0.39, 0.29) is 18.6 Å². The molecule has 1 rings (SSSR count). The smallest absolute Gasteiger partial charge is 0.250 e. The molecule has 0 aliphatic rings. The Morgan fingerprint density at radius 1 is 1.47 bits per heavy atom. The molecule has 1 amide bonds. The quantitative estimate of drug-likeness (QED) is 0.823. The van der Waals surface area contributed by atoms with Crippen molar-refractivity contribution < 1.29 is 9.53 Å². The standard InChI is InChI=1S/C12H17NO2/c1-9(2)15-8-12(14)13-11-6-4-5-10(3)7-11/h4-7,9H,8H2,1-3H3,(H,13,14). The molecule has 0 atom stereocenters. The predicted molar refractivity (Wildman–Crippen MR) is 60.9 cm³/mol. The molecule has 3 heteroatoms. The van der Waals surface area contributed by atoms with E-state index in [2.05, 4.69) is 5.32 Å². The van der Waals surface area contributed by atoms with Crippen molar-refractivity contribution in [2.24, 2.45) is 0 Å². The van der Waals surface area contributed by atoms with Gasteiger partial charge >= 0.3 is 0 Å². The Morgan fingerprint density at radius 2 is 2.20 bits per heavy atom. The second kappa shape index (κ2) is 5.51. The summed E-state index contributed by atoms with van der Waals surface area (Å²) in [7, 11) is 0. The molecular formula is C12H17NO2. The Bertz CT molecular complexity index is 334. The van der Waals surface area contributed by atoms with Crippen molar-refractivity contribution in [3.8, 4) is 0 Å². The lowest BCUT2D eigenvalue weighted by Gasteiger charge is -2.08. The molecule has 0 bridgehead atoms. The third-order valence-corrected chi connectivity index (χ3v) is 1.85. The number of carbonyl (C=O) groups excluding carboxylic acids is 1. The van der Waals surface area contributed by atoms with E-state index < -0.39 is 0 Å². The van der Waals surface area contributed by atoms with E-state index in [1.165, 1.54) is 0 Å². The summed E-state index contributed by atoms with van der Waals surface area (Å²) >= 11 is 0. The van der Waals surface area contributed by atoms with Crippen LogP contribution >= 0.6 is 0 Å². The van der Waals surface area contributed by atoms with Crippen molar-refractivity contribution in [1.82, 2.24) is 0 Å². The van der Waals surface area contributed by atoms with Gasteiger partial charge in [0.05, 0.1) is 6.10 Å². The van der Waals surface area contributed by atoms with E-state index in [4.69, 9.17) is 4.74 Å². The number of nitrogens with one attached hydrogen (secondary N) is 1. The van der Waals surface area contributed by atoms with Gasteiger partial charge < -0.3 is 10.1 Å². The van der Waals surface area contributed by atoms with Crippen LogP contribution in [0.2, 0.25) is 0 Å². The monoisotopic (exact) mass is 207 g/mol. The highest BCUT2D eigenvalue weighted by atomic mass is 16.5. The molecule has 0 aliphatic carbocycles. The SMILES string of the molecule is Cc1cccc(NC(=O)COC(C)C)c1. The van der Waals surface area contributed by atoms with Gasteiger partial charge in [0.2, 0.25) is 5.91 Å².